The molecule has 4 heteroatoms. The van der Waals surface area contributed by atoms with E-state index in [1.165, 1.54) is 11.1 Å². The van der Waals surface area contributed by atoms with Gasteiger partial charge in [-0.1, -0.05) is 48.6 Å². The largest absolute Gasteiger partial charge is 0.374 e. The van der Waals surface area contributed by atoms with Gasteiger partial charge in [0, 0.05) is 35.9 Å². The van der Waals surface area contributed by atoms with Crippen molar-refractivity contribution in [2.24, 2.45) is 5.92 Å². The Bertz CT molecular complexity index is 818. The molecule has 0 saturated carbocycles. The van der Waals surface area contributed by atoms with Gasteiger partial charge < -0.3 is 15.5 Å². The topological polar surface area (TPSA) is 44.4 Å². The summed E-state index contributed by atoms with van der Waals surface area (Å²) in [5.41, 5.74) is 5.55. The molecule has 25 heavy (non-hydrogen) atoms. The average Bonchev–Trinajstić information content (AvgIpc) is 2.99. The third-order valence-corrected chi connectivity index (χ3v) is 4.96. The van der Waals surface area contributed by atoms with Gasteiger partial charge in [-0.2, -0.15) is 0 Å². The molecule has 0 fully saturated rings. The number of hydrogen-bond donors (Lipinski definition) is 2. The quantitative estimate of drug-likeness (QED) is 0.827. The average molecular weight is 333 g/mol. The smallest absolute Gasteiger partial charge is 0.248 e. The fraction of sp³-hybridized carbons (Fsp3) is 0.286. The fourth-order valence-corrected chi connectivity index (χ4v) is 3.70. The number of likely N-dealkylation sites (N-methyl/N-ethyl adjacent to an activating group) is 1. The van der Waals surface area contributed by atoms with Crippen LogP contribution in [0, 0.1) is 5.92 Å². The molecule has 0 bridgehead atoms. The molecule has 128 valence electrons. The molecule has 0 aromatic rings. The Morgan fingerprint density at radius 1 is 1.12 bits per heavy atom. The Kier molecular flexibility index (Phi) is 4.06. The van der Waals surface area contributed by atoms with E-state index in [1.54, 1.807) is 0 Å². The van der Waals surface area contributed by atoms with Crippen LogP contribution in [0.25, 0.3) is 0 Å². The number of carbonyl (C=O) groups is 1. The van der Waals surface area contributed by atoms with Gasteiger partial charge in [0.2, 0.25) is 5.91 Å². The van der Waals surface area contributed by atoms with Crippen LogP contribution in [0.3, 0.4) is 0 Å². The zero-order chi connectivity index (χ0) is 17.4. The monoisotopic (exact) mass is 333 g/mol. The molecule has 0 aromatic heterocycles. The minimum absolute atomic E-state index is 0.0179. The number of hydrogen-bond acceptors (Lipinski definition) is 3. The Labute approximate surface area is 148 Å². The van der Waals surface area contributed by atoms with Gasteiger partial charge in [-0.25, -0.2) is 0 Å². The van der Waals surface area contributed by atoms with Crippen molar-refractivity contribution in [3.8, 4) is 0 Å². The van der Waals surface area contributed by atoms with Crippen LogP contribution in [-0.2, 0) is 4.79 Å². The first-order chi connectivity index (χ1) is 12.1. The summed E-state index contributed by atoms with van der Waals surface area (Å²) in [6.45, 7) is 1.48. The molecule has 0 spiro atoms. The molecule has 1 amide bonds. The van der Waals surface area contributed by atoms with E-state index in [-0.39, 0.29) is 17.9 Å². The summed E-state index contributed by atoms with van der Waals surface area (Å²) in [5.74, 6) is 0.0412. The molecular formula is C21H23N3O. The first-order valence-corrected chi connectivity index (χ1v) is 8.74. The Hall–Kier alpha value is -2.59. The maximum Gasteiger partial charge on any atom is 0.248 e. The molecule has 0 saturated heterocycles. The zero-order valence-electron chi connectivity index (χ0n) is 14.6. The standard InChI is InChI=1S/C21H23N3O/c1-24(2)12-11-22-21(25)18-13-17-15-8-5-6-10-19(15)23-20(17)16-9-4-3-7-14(16)18/h3-10,13-14,19,23H,11-12H2,1-2H3,(H,22,25). The predicted molar refractivity (Wildman–Crippen MR) is 101 cm³/mol. The van der Waals surface area contributed by atoms with Gasteiger partial charge in [0.15, 0.2) is 0 Å². The van der Waals surface area contributed by atoms with Crippen LogP contribution in [0.1, 0.15) is 0 Å². The molecule has 4 rings (SSSR count). The number of fused-ring (bicyclic) bond motifs is 3. The molecule has 0 radical (unpaired) electrons. The Balaban J connectivity index is 1.69. The third-order valence-electron chi connectivity index (χ3n) is 4.96. The highest BCUT2D eigenvalue weighted by Crippen LogP contribution is 2.41. The molecule has 4 nitrogen and oxygen atoms in total. The summed E-state index contributed by atoms with van der Waals surface area (Å²) in [5, 5.41) is 6.68. The highest BCUT2D eigenvalue weighted by molar-refractivity contribution is 5.97. The number of rotatable bonds is 4. The lowest BCUT2D eigenvalue weighted by molar-refractivity contribution is -0.117. The lowest BCUT2D eigenvalue weighted by Gasteiger charge is -2.27. The van der Waals surface area contributed by atoms with Crippen LogP contribution in [0.4, 0.5) is 0 Å². The van der Waals surface area contributed by atoms with Gasteiger partial charge in [-0.15, -0.1) is 0 Å². The molecule has 2 atom stereocenters. The minimum Gasteiger partial charge on any atom is -0.374 e. The zero-order valence-corrected chi connectivity index (χ0v) is 14.6. The summed E-state index contributed by atoms with van der Waals surface area (Å²) in [6, 6.07) is 0.204. The summed E-state index contributed by atoms with van der Waals surface area (Å²) < 4.78 is 0. The first kappa shape index (κ1) is 15.9. The minimum atomic E-state index is 0.0179. The van der Waals surface area contributed by atoms with Crippen LogP contribution in [0.5, 0.6) is 0 Å². The molecule has 2 unspecified atom stereocenters. The number of amides is 1. The number of nitrogens with zero attached hydrogens (tertiary/aromatic N) is 1. The number of nitrogens with one attached hydrogen (secondary N) is 2. The number of allylic oxidation sites excluding steroid dienone is 8. The van der Waals surface area contributed by atoms with Gasteiger partial charge in [0.05, 0.1) is 6.04 Å². The van der Waals surface area contributed by atoms with Gasteiger partial charge in [-0.05, 0) is 31.3 Å². The fourth-order valence-electron chi connectivity index (χ4n) is 3.70. The normalized spacial score (nSPS) is 25.6. The van der Waals surface area contributed by atoms with Crippen molar-refractivity contribution < 1.29 is 4.79 Å². The van der Waals surface area contributed by atoms with Crippen LogP contribution in [0.15, 0.2) is 82.7 Å². The lowest BCUT2D eigenvalue weighted by Crippen LogP contribution is -2.35. The van der Waals surface area contributed by atoms with Crippen LogP contribution >= 0.6 is 0 Å². The number of carbonyl (C=O) groups excluding carboxylic acids is 1. The van der Waals surface area contributed by atoms with Gasteiger partial charge in [-0.3, -0.25) is 4.79 Å². The molecular weight excluding hydrogens is 310 g/mol. The van der Waals surface area contributed by atoms with Crippen molar-refractivity contribution >= 4 is 5.91 Å². The van der Waals surface area contributed by atoms with Gasteiger partial charge in [0.1, 0.15) is 0 Å². The van der Waals surface area contributed by atoms with E-state index in [9.17, 15) is 4.79 Å². The molecule has 0 aromatic carbocycles. The molecule has 3 aliphatic carbocycles. The van der Waals surface area contributed by atoms with Gasteiger partial charge in [0.25, 0.3) is 0 Å². The SMILES string of the molecule is CN(C)CCNC(=O)C1=CC2=C3C=CC=CC3NC2=C2C=CC=CC12. The summed E-state index contributed by atoms with van der Waals surface area (Å²) in [6.07, 6.45) is 18.8. The van der Waals surface area contributed by atoms with Gasteiger partial charge >= 0.3 is 0 Å². The second-order valence-corrected chi connectivity index (χ2v) is 6.95. The maximum atomic E-state index is 12.8. The van der Waals surface area contributed by atoms with Crippen molar-refractivity contribution in [3.05, 3.63) is 82.7 Å². The maximum absolute atomic E-state index is 12.8. The lowest BCUT2D eigenvalue weighted by atomic mass is 9.79. The highest BCUT2D eigenvalue weighted by Gasteiger charge is 2.36. The van der Waals surface area contributed by atoms with Crippen LogP contribution in [-0.4, -0.2) is 44.0 Å². The first-order valence-electron chi connectivity index (χ1n) is 8.74. The van der Waals surface area contributed by atoms with Crippen molar-refractivity contribution in [2.75, 3.05) is 27.2 Å². The van der Waals surface area contributed by atoms with Crippen molar-refractivity contribution in [2.45, 2.75) is 6.04 Å². The van der Waals surface area contributed by atoms with E-state index in [0.717, 1.165) is 23.4 Å². The summed E-state index contributed by atoms with van der Waals surface area (Å²) >= 11 is 0. The molecule has 2 N–H and O–H groups in total. The predicted octanol–water partition coefficient (Wildman–Crippen LogP) is 1.99. The van der Waals surface area contributed by atoms with E-state index in [2.05, 4.69) is 58.1 Å². The van der Waals surface area contributed by atoms with E-state index < -0.39 is 0 Å². The van der Waals surface area contributed by atoms with Crippen LogP contribution in [0.2, 0.25) is 0 Å². The highest BCUT2D eigenvalue weighted by atomic mass is 16.1. The molecule has 4 aliphatic rings. The summed E-state index contributed by atoms with van der Waals surface area (Å²) in [7, 11) is 4.02. The molecule has 1 aliphatic heterocycles. The van der Waals surface area contributed by atoms with E-state index in [1.807, 2.05) is 26.2 Å². The Morgan fingerprint density at radius 3 is 2.68 bits per heavy atom. The second kappa shape index (κ2) is 6.37. The van der Waals surface area contributed by atoms with E-state index >= 15 is 0 Å². The van der Waals surface area contributed by atoms with Crippen molar-refractivity contribution in [1.29, 1.82) is 0 Å². The van der Waals surface area contributed by atoms with Crippen molar-refractivity contribution in [3.63, 3.8) is 0 Å². The van der Waals surface area contributed by atoms with E-state index in [0.29, 0.717) is 6.54 Å². The van der Waals surface area contributed by atoms with Crippen LogP contribution < -0.4 is 10.6 Å². The second-order valence-electron chi connectivity index (χ2n) is 6.95. The summed E-state index contributed by atoms with van der Waals surface area (Å²) in [4.78, 5) is 14.9. The van der Waals surface area contributed by atoms with E-state index in [4.69, 9.17) is 0 Å². The molecule has 1 heterocycles. The third kappa shape index (κ3) is 2.83. The Morgan fingerprint density at radius 2 is 1.88 bits per heavy atom. The van der Waals surface area contributed by atoms with Crippen molar-refractivity contribution in [1.82, 2.24) is 15.5 Å².